The van der Waals surface area contributed by atoms with Crippen LogP contribution in [-0.2, 0) is 4.79 Å². The lowest BCUT2D eigenvalue weighted by Crippen LogP contribution is -2.29. The molecule has 0 bridgehead atoms. The molecule has 0 saturated carbocycles. The number of carbonyl (C=O) groups is 1. The second kappa shape index (κ2) is 7.83. The zero-order chi connectivity index (χ0) is 19.7. The third kappa shape index (κ3) is 3.46. The molecule has 1 saturated heterocycles. The van der Waals surface area contributed by atoms with Crippen LogP contribution in [0.15, 0.2) is 40.1 Å². The van der Waals surface area contributed by atoms with Gasteiger partial charge in [0.2, 0.25) is 5.91 Å². The number of furan rings is 1. The first kappa shape index (κ1) is 18.8. The van der Waals surface area contributed by atoms with Crippen molar-refractivity contribution in [2.45, 2.75) is 38.8 Å². The highest BCUT2D eigenvalue weighted by molar-refractivity contribution is 7.99. The van der Waals surface area contributed by atoms with Crippen molar-refractivity contribution in [1.29, 1.82) is 0 Å². The Bertz CT molecular complexity index is 1000. The van der Waals surface area contributed by atoms with Crippen LogP contribution in [0.2, 0.25) is 0 Å². The number of nitrogens with zero attached hydrogens (tertiary/aromatic N) is 4. The van der Waals surface area contributed by atoms with Crippen LogP contribution in [0.25, 0.3) is 17.1 Å². The second-order valence-electron chi connectivity index (χ2n) is 7.13. The van der Waals surface area contributed by atoms with E-state index in [-0.39, 0.29) is 5.91 Å². The molecular weight excluding hydrogens is 372 g/mol. The maximum Gasteiger partial charge on any atom is 0.233 e. The number of hydrogen-bond acceptors (Lipinski definition) is 5. The third-order valence-corrected chi connectivity index (χ3v) is 6.25. The molecule has 1 aromatic carbocycles. The van der Waals surface area contributed by atoms with Crippen molar-refractivity contribution in [3.8, 4) is 17.1 Å². The molecule has 0 spiro atoms. The maximum absolute atomic E-state index is 12.5. The Balaban J connectivity index is 1.72. The predicted octanol–water partition coefficient (Wildman–Crippen LogP) is 4.17. The average Bonchev–Trinajstić information content (AvgIpc) is 3.42. The summed E-state index contributed by atoms with van der Waals surface area (Å²) < 4.78 is 7.53. The highest BCUT2D eigenvalue weighted by Crippen LogP contribution is 2.32. The smallest absolute Gasteiger partial charge is 0.233 e. The van der Waals surface area contributed by atoms with Crippen LogP contribution >= 0.6 is 11.8 Å². The second-order valence-corrected chi connectivity index (χ2v) is 8.07. The minimum absolute atomic E-state index is 0.166. The largest absolute Gasteiger partial charge is 0.469 e. The minimum atomic E-state index is 0.166. The molecule has 1 aliphatic rings. The fourth-order valence-electron chi connectivity index (χ4n) is 3.53. The van der Waals surface area contributed by atoms with Crippen LogP contribution in [-0.4, -0.2) is 44.4 Å². The fraction of sp³-hybridized carbons (Fsp3) is 0.381. The van der Waals surface area contributed by atoms with Gasteiger partial charge < -0.3 is 9.32 Å². The Labute approximate surface area is 168 Å². The van der Waals surface area contributed by atoms with Gasteiger partial charge in [0.15, 0.2) is 11.0 Å². The number of carbonyl (C=O) groups excluding carboxylic acids is 1. The molecule has 0 unspecified atom stereocenters. The number of amides is 1. The van der Waals surface area contributed by atoms with Gasteiger partial charge in [-0.25, -0.2) is 0 Å². The normalized spacial score (nSPS) is 14.0. The number of rotatable bonds is 5. The van der Waals surface area contributed by atoms with Gasteiger partial charge in [-0.15, -0.1) is 10.2 Å². The summed E-state index contributed by atoms with van der Waals surface area (Å²) in [6.07, 6.45) is 3.86. The summed E-state index contributed by atoms with van der Waals surface area (Å²) >= 11 is 1.44. The lowest BCUT2D eigenvalue weighted by atomic mass is 10.1. The Kier molecular flexibility index (Phi) is 5.26. The molecule has 0 N–H and O–H groups in total. The van der Waals surface area contributed by atoms with Gasteiger partial charge in [-0.2, -0.15) is 0 Å². The number of aromatic nitrogens is 3. The first-order valence-electron chi connectivity index (χ1n) is 9.53. The summed E-state index contributed by atoms with van der Waals surface area (Å²) in [5.41, 5.74) is 4.30. The van der Waals surface area contributed by atoms with E-state index in [1.165, 1.54) is 17.3 Å². The fourth-order valence-corrected chi connectivity index (χ4v) is 4.38. The topological polar surface area (TPSA) is 64.2 Å². The van der Waals surface area contributed by atoms with Crippen LogP contribution in [0.3, 0.4) is 0 Å². The van der Waals surface area contributed by atoms with Gasteiger partial charge in [-0.3, -0.25) is 9.36 Å². The molecule has 0 radical (unpaired) electrons. The first-order chi connectivity index (χ1) is 13.6. The van der Waals surface area contributed by atoms with Gasteiger partial charge in [0.25, 0.3) is 0 Å². The molecule has 146 valence electrons. The number of benzene rings is 1. The van der Waals surface area contributed by atoms with Crippen LogP contribution in [0, 0.1) is 20.8 Å². The van der Waals surface area contributed by atoms with E-state index in [1.807, 2.05) is 28.5 Å². The summed E-state index contributed by atoms with van der Waals surface area (Å²) in [7, 11) is 0. The first-order valence-corrected chi connectivity index (χ1v) is 10.5. The highest BCUT2D eigenvalue weighted by atomic mass is 32.2. The minimum Gasteiger partial charge on any atom is -0.469 e. The Hall–Kier alpha value is -2.54. The van der Waals surface area contributed by atoms with Gasteiger partial charge in [0, 0.05) is 13.1 Å². The zero-order valence-corrected chi connectivity index (χ0v) is 17.3. The summed E-state index contributed by atoms with van der Waals surface area (Å²) in [6.45, 7) is 7.84. The van der Waals surface area contributed by atoms with E-state index in [0.29, 0.717) is 5.75 Å². The number of aryl methyl sites for hydroxylation is 2. The molecule has 0 atom stereocenters. The Morgan fingerprint density at radius 2 is 1.93 bits per heavy atom. The summed E-state index contributed by atoms with van der Waals surface area (Å²) in [6, 6.07) is 8.10. The molecule has 2 aromatic heterocycles. The van der Waals surface area contributed by atoms with E-state index in [1.54, 1.807) is 6.26 Å². The molecule has 1 aliphatic heterocycles. The SMILES string of the molecule is Cc1cccc(-n2c(SCC(=O)N3CCCC3)nnc2-c2ccoc2C)c1C. The van der Waals surface area contributed by atoms with Gasteiger partial charge in [0.1, 0.15) is 5.76 Å². The van der Waals surface area contributed by atoms with E-state index in [9.17, 15) is 4.79 Å². The van der Waals surface area contributed by atoms with E-state index >= 15 is 0 Å². The van der Waals surface area contributed by atoms with Crippen molar-refractivity contribution in [3.05, 3.63) is 47.4 Å². The van der Waals surface area contributed by atoms with Gasteiger partial charge >= 0.3 is 0 Å². The lowest BCUT2D eigenvalue weighted by molar-refractivity contribution is -0.127. The van der Waals surface area contributed by atoms with E-state index < -0.39 is 0 Å². The van der Waals surface area contributed by atoms with Crippen molar-refractivity contribution in [2.24, 2.45) is 0 Å². The van der Waals surface area contributed by atoms with Crippen LogP contribution in [0.4, 0.5) is 0 Å². The molecule has 4 rings (SSSR count). The molecule has 3 aromatic rings. The summed E-state index contributed by atoms with van der Waals surface area (Å²) in [5, 5.41) is 9.59. The zero-order valence-electron chi connectivity index (χ0n) is 16.4. The monoisotopic (exact) mass is 396 g/mol. The molecular formula is C21H24N4O2S. The molecule has 0 aliphatic carbocycles. The van der Waals surface area contributed by atoms with Crippen molar-refractivity contribution >= 4 is 17.7 Å². The number of hydrogen-bond donors (Lipinski definition) is 0. The highest BCUT2D eigenvalue weighted by Gasteiger charge is 2.23. The van der Waals surface area contributed by atoms with Crippen molar-refractivity contribution in [1.82, 2.24) is 19.7 Å². The molecule has 1 amide bonds. The Morgan fingerprint density at radius 1 is 1.14 bits per heavy atom. The molecule has 6 nitrogen and oxygen atoms in total. The molecule has 7 heteroatoms. The predicted molar refractivity (Wildman–Crippen MR) is 110 cm³/mol. The third-order valence-electron chi connectivity index (χ3n) is 5.33. The maximum atomic E-state index is 12.5. The van der Waals surface area contributed by atoms with Crippen molar-refractivity contribution in [3.63, 3.8) is 0 Å². The van der Waals surface area contributed by atoms with E-state index in [0.717, 1.165) is 59.5 Å². The van der Waals surface area contributed by atoms with Crippen LogP contribution in [0.5, 0.6) is 0 Å². The standard InChI is InChI=1S/C21H24N4O2S/c1-14-7-6-8-18(15(14)2)25-20(17-9-12-27-16(17)3)22-23-21(25)28-13-19(26)24-10-4-5-11-24/h6-9,12H,4-5,10-11,13H2,1-3H3. The number of likely N-dealkylation sites (tertiary alicyclic amines) is 1. The summed E-state index contributed by atoms with van der Waals surface area (Å²) in [5.74, 6) is 2.06. The molecule has 28 heavy (non-hydrogen) atoms. The molecule has 1 fully saturated rings. The van der Waals surface area contributed by atoms with Gasteiger partial charge in [0.05, 0.1) is 23.3 Å². The van der Waals surface area contributed by atoms with Crippen molar-refractivity contribution < 1.29 is 9.21 Å². The number of thioether (sulfide) groups is 1. The molecule has 3 heterocycles. The Morgan fingerprint density at radius 3 is 2.64 bits per heavy atom. The summed E-state index contributed by atoms with van der Waals surface area (Å²) in [4.78, 5) is 14.4. The van der Waals surface area contributed by atoms with Gasteiger partial charge in [-0.05, 0) is 56.9 Å². The van der Waals surface area contributed by atoms with Crippen molar-refractivity contribution in [2.75, 3.05) is 18.8 Å². The van der Waals surface area contributed by atoms with Crippen LogP contribution < -0.4 is 0 Å². The van der Waals surface area contributed by atoms with E-state index in [4.69, 9.17) is 4.42 Å². The van der Waals surface area contributed by atoms with E-state index in [2.05, 4.69) is 36.2 Å². The van der Waals surface area contributed by atoms with Crippen LogP contribution in [0.1, 0.15) is 29.7 Å². The lowest BCUT2D eigenvalue weighted by Gasteiger charge is -2.16. The van der Waals surface area contributed by atoms with Gasteiger partial charge in [-0.1, -0.05) is 23.9 Å². The average molecular weight is 397 g/mol. The quantitative estimate of drug-likeness (QED) is 0.606.